The first-order chi connectivity index (χ1) is 13.0. The third-order valence-corrected chi connectivity index (χ3v) is 11.0. The molecule has 4 saturated carbocycles. The summed E-state index contributed by atoms with van der Waals surface area (Å²) in [4.78, 5) is 0. The standard InChI is InChI=1S/C27H44/c1-5-6-18(2)23-11-12-24-22-10-9-21-17-20(19-7-8-19)13-15-26(21,3)25(22)14-16-27(23,24)4/h13,18-19,21-25H,5-12,14-17H2,1-4H3/t18-,21?,22+,23-,24+,25+,26+,27-/m1/s1. The van der Waals surface area contributed by atoms with Crippen molar-refractivity contribution in [1.29, 1.82) is 0 Å². The maximum absolute atomic E-state index is 2.74. The third-order valence-electron chi connectivity index (χ3n) is 11.0. The molecule has 0 heterocycles. The molecule has 27 heavy (non-hydrogen) atoms. The Morgan fingerprint density at radius 1 is 0.963 bits per heavy atom. The van der Waals surface area contributed by atoms with E-state index >= 15 is 0 Å². The molecule has 0 bridgehead atoms. The molecule has 152 valence electrons. The van der Waals surface area contributed by atoms with E-state index < -0.39 is 0 Å². The summed E-state index contributed by atoms with van der Waals surface area (Å²) in [6.07, 6.45) is 20.8. The smallest absolute Gasteiger partial charge is 0.0203 e. The fourth-order valence-corrected chi connectivity index (χ4v) is 9.33. The van der Waals surface area contributed by atoms with Crippen molar-refractivity contribution in [2.45, 2.75) is 105 Å². The summed E-state index contributed by atoms with van der Waals surface area (Å²) in [5.41, 5.74) is 3.18. The molecule has 5 rings (SSSR count). The summed E-state index contributed by atoms with van der Waals surface area (Å²) < 4.78 is 0. The Labute approximate surface area is 169 Å². The van der Waals surface area contributed by atoms with Crippen LogP contribution in [0.2, 0.25) is 0 Å². The van der Waals surface area contributed by atoms with E-state index in [0.29, 0.717) is 10.8 Å². The van der Waals surface area contributed by atoms with Crippen LogP contribution < -0.4 is 0 Å². The van der Waals surface area contributed by atoms with E-state index in [-0.39, 0.29) is 0 Å². The highest BCUT2D eigenvalue weighted by atomic mass is 14.6. The summed E-state index contributed by atoms with van der Waals surface area (Å²) in [5.74, 6) is 7.13. The van der Waals surface area contributed by atoms with Crippen LogP contribution in [-0.4, -0.2) is 0 Å². The van der Waals surface area contributed by atoms with E-state index in [2.05, 4.69) is 33.8 Å². The minimum Gasteiger partial charge on any atom is -0.0845 e. The lowest BCUT2D eigenvalue weighted by atomic mass is 9.44. The van der Waals surface area contributed by atoms with Crippen LogP contribution in [0.4, 0.5) is 0 Å². The number of hydrogen-bond acceptors (Lipinski definition) is 0. The molecule has 0 amide bonds. The van der Waals surface area contributed by atoms with E-state index in [1.807, 2.05) is 5.57 Å². The van der Waals surface area contributed by atoms with E-state index in [4.69, 9.17) is 0 Å². The van der Waals surface area contributed by atoms with Gasteiger partial charge in [-0.1, -0.05) is 52.2 Å². The van der Waals surface area contributed by atoms with Crippen molar-refractivity contribution >= 4 is 0 Å². The van der Waals surface area contributed by atoms with Crippen LogP contribution in [0.25, 0.3) is 0 Å². The van der Waals surface area contributed by atoms with Gasteiger partial charge in [-0.3, -0.25) is 0 Å². The van der Waals surface area contributed by atoms with Gasteiger partial charge in [-0.25, -0.2) is 0 Å². The zero-order valence-corrected chi connectivity index (χ0v) is 18.6. The molecular formula is C27H44. The lowest BCUT2D eigenvalue weighted by Crippen LogP contribution is -2.52. The Morgan fingerprint density at radius 3 is 2.48 bits per heavy atom. The molecule has 1 unspecified atom stereocenters. The van der Waals surface area contributed by atoms with Crippen molar-refractivity contribution in [3.05, 3.63) is 11.6 Å². The fourth-order valence-electron chi connectivity index (χ4n) is 9.33. The molecule has 0 spiro atoms. The zero-order valence-electron chi connectivity index (χ0n) is 18.6. The first-order valence-electron chi connectivity index (χ1n) is 12.7. The molecule has 0 aliphatic heterocycles. The highest BCUT2D eigenvalue weighted by Gasteiger charge is 2.60. The predicted molar refractivity (Wildman–Crippen MR) is 115 cm³/mol. The summed E-state index contributed by atoms with van der Waals surface area (Å²) in [6, 6.07) is 0. The van der Waals surface area contributed by atoms with E-state index in [1.54, 1.807) is 32.1 Å². The molecule has 0 saturated heterocycles. The van der Waals surface area contributed by atoms with E-state index in [9.17, 15) is 0 Å². The lowest BCUT2D eigenvalue weighted by molar-refractivity contribution is -0.102. The molecule has 0 N–H and O–H groups in total. The molecule has 5 aliphatic rings. The quantitative estimate of drug-likeness (QED) is 0.440. The van der Waals surface area contributed by atoms with Gasteiger partial charge in [0.1, 0.15) is 0 Å². The van der Waals surface area contributed by atoms with Crippen LogP contribution in [-0.2, 0) is 0 Å². The molecule has 4 fully saturated rings. The molecule has 0 aromatic carbocycles. The lowest BCUT2D eigenvalue weighted by Gasteiger charge is -2.60. The first kappa shape index (κ1) is 18.7. The molecular weight excluding hydrogens is 324 g/mol. The summed E-state index contributed by atoms with van der Waals surface area (Å²) in [5, 5.41) is 0. The Hall–Kier alpha value is -0.260. The third kappa shape index (κ3) is 2.82. The molecule has 5 aliphatic carbocycles. The van der Waals surface area contributed by atoms with Crippen molar-refractivity contribution in [3.63, 3.8) is 0 Å². The Bertz CT molecular complexity index is 597. The van der Waals surface area contributed by atoms with Crippen LogP contribution >= 0.6 is 0 Å². The van der Waals surface area contributed by atoms with Gasteiger partial charge in [0.2, 0.25) is 0 Å². The monoisotopic (exact) mass is 368 g/mol. The highest BCUT2D eigenvalue weighted by Crippen LogP contribution is 2.68. The zero-order chi connectivity index (χ0) is 18.8. The number of allylic oxidation sites excluding steroid dienone is 2. The molecule has 0 aromatic heterocycles. The second kappa shape index (κ2) is 6.63. The maximum atomic E-state index is 2.74. The summed E-state index contributed by atoms with van der Waals surface area (Å²) in [7, 11) is 0. The Balaban J connectivity index is 1.37. The van der Waals surface area contributed by atoms with Gasteiger partial charge in [0.15, 0.2) is 0 Å². The first-order valence-corrected chi connectivity index (χ1v) is 12.7. The van der Waals surface area contributed by atoms with Crippen molar-refractivity contribution in [2.75, 3.05) is 0 Å². The van der Waals surface area contributed by atoms with Gasteiger partial charge in [-0.2, -0.15) is 0 Å². The van der Waals surface area contributed by atoms with E-state index in [0.717, 1.165) is 41.4 Å². The van der Waals surface area contributed by atoms with E-state index in [1.165, 1.54) is 44.9 Å². The van der Waals surface area contributed by atoms with Gasteiger partial charge in [0, 0.05) is 0 Å². The second-order valence-electron chi connectivity index (χ2n) is 12.1. The predicted octanol–water partition coefficient (Wildman–Crippen LogP) is 8.03. The summed E-state index contributed by atoms with van der Waals surface area (Å²) in [6.45, 7) is 10.4. The minimum absolute atomic E-state index is 0.635. The van der Waals surface area contributed by atoms with Gasteiger partial charge in [-0.05, 0) is 116 Å². The van der Waals surface area contributed by atoms with Gasteiger partial charge in [0.25, 0.3) is 0 Å². The van der Waals surface area contributed by atoms with Crippen molar-refractivity contribution in [1.82, 2.24) is 0 Å². The highest BCUT2D eigenvalue weighted by molar-refractivity contribution is 5.21. The number of rotatable bonds is 4. The van der Waals surface area contributed by atoms with Gasteiger partial charge >= 0.3 is 0 Å². The Morgan fingerprint density at radius 2 is 1.74 bits per heavy atom. The number of fused-ring (bicyclic) bond motifs is 5. The average molecular weight is 369 g/mol. The van der Waals surface area contributed by atoms with Crippen LogP contribution in [0, 0.1) is 52.3 Å². The van der Waals surface area contributed by atoms with Crippen molar-refractivity contribution in [2.24, 2.45) is 52.3 Å². The van der Waals surface area contributed by atoms with Crippen LogP contribution in [0.15, 0.2) is 11.6 Å². The van der Waals surface area contributed by atoms with Crippen molar-refractivity contribution < 1.29 is 0 Å². The maximum Gasteiger partial charge on any atom is -0.0203 e. The SMILES string of the molecule is CCC[C@@H](C)[C@H]1CC[C@H]2[C@@H]3CCC4CC(C5CC5)=CC[C@]4(C)[C@H]3CC[C@]12C. The van der Waals surface area contributed by atoms with Crippen LogP contribution in [0.3, 0.4) is 0 Å². The molecule has 0 aromatic rings. The molecule has 8 atom stereocenters. The number of hydrogen-bond donors (Lipinski definition) is 0. The molecule has 0 heteroatoms. The average Bonchev–Trinajstić information content (AvgIpc) is 3.42. The fraction of sp³-hybridized carbons (Fsp3) is 0.926. The molecule has 0 nitrogen and oxygen atoms in total. The van der Waals surface area contributed by atoms with Crippen LogP contribution in [0.5, 0.6) is 0 Å². The van der Waals surface area contributed by atoms with Gasteiger partial charge in [-0.15, -0.1) is 0 Å². The summed E-state index contributed by atoms with van der Waals surface area (Å²) >= 11 is 0. The van der Waals surface area contributed by atoms with Crippen LogP contribution in [0.1, 0.15) is 105 Å². The molecule has 0 radical (unpaired) electrons. The second-order valence-corrected chi connectivity index (χ2v) is 12.1. The minimum atomic E-state index is 0.635. The van der Waals surface area contributed by atoms with Gasteiger partial charge in [0.05, 0.1) is 0 Å². The largest absolute Gasteiger partial charge is 0.0845 e. The van der Waals surface area contributed by atoms with Gasteiger partial charge < -0.3 is 0 Å². The Kier molecular flexibility index (Phi) is 4.61. The topological polar surface area (TPSA) is 0 Å². The van der Waals surface area contributed by atoms with Crippen molar-refractivity contribution in [3.8, 4) is 0 Å². The normalized spacial score (nSPS) is 50.4.